The molecule has 0 heterocycles. The smallest absolute Gasteiger partial charge is 0.324 e. The molecule has 2 aliphatic rings. The monoisotopic (exact) mass is 289 g/mol. The Morgan fingerprint density at radius 1 is 1.21 bits per heavy atom. The van der Waals surface area contributed by atoms with Crippen LogP contribution in [0.4, 0.5) is 0 Å². The first-order chi connectivity index (χ1) is 8.87. The Hall–Kier alpha value is -0.620. The fourth-order valence-corrected chi connectivity index (χ4v) is 4.80. The van der Waals surface area contributed by atoms with E-state index in [0.717, 1.165) is 32.1 Å². The van der Waals surface area contributed by atoms with Crippen molar-refractivity contribution in [2.45, 2.75) is 57.4 Å². The van der Waals surface area contributed by atoms with E-state index in [0.29, 0.717) is 18.8 Å². The summed E-state index contributed by atoms with van der Waals surface area (Å²) >= 11 is 0. The van der Waals surface area contributed by atoms with Gasteiger partial charge < -0.3 is 5.11 Å². The van der Waals surface area contributed by atoms with Crippen LogP contribution in [0.3, 0.4) is 0 Å². The fraction of sp³-hybridized carbons (Fsp3) is 0.923. The van der Waals surface area contributed by atoms with Crippen molar-refractivity contribution in [1.29, 1.82) is 0 Å². The number of rotatable bonds is 6. The minimum absolute atomic E-state index is 0.0826. The number of aliphatic carboxylic acids is 1. The maximum atomic E-state index is 12.0. The van der Waals surface area contributed by atoms with Gasteiger partial charge in [-0.05, 0) is 50.4 Å². The van der Waals surface area contributed by atoms with E-state index in [9.17, 15) is 18.3 Å². The summed E-state index contributed by atoms with van der Waals surface area (Å²) in [5.41, 5.74) is -1.26. The Morgan fingerprint density at radius 3 is 2.21 bits per heavy atom. The standard InChI is InChI=1S/C13H23NO4S/c1-2-10-5-7-13(8-6-10,12(15)16)14-19(17,18)9-11-3-4-11/h10-11,14H,2-9H2,1H3,(H,15,16). The average Bonchev–Trinajstić information content (AvgIpc) is 3.12. The third-order valence-electron chi connectivity index (χ3n) is 4.45. The van der Waals surface area contributed by atoms with Crippen LogP contribution in [0.5, 0.6) is 0 Å². The molecule has 2 rings (SSSR count). The number of carboxylic acid groups (broad SMARTS) is 1. The van der Waals surface area contributed by atoms with Crippen LogP contribution in [0, 0.1) is 11.8 Å². The highest BCUT2D eigenvalue weighted by molar-refractivity contribution is 7.89. The zero-order valence-corrected chi connectivity index (χ0v) is 12.2. The van der Waals surface area contributed by atoms with Crippen molar-refractivity contribution in [2.24, 2.45) is 11.8 Å². The summed E-state index contributed by atoms with van der Waals surface area (Å²) in [6, 6.07) is 0. The van der Waals surface area contributed by atoms with E-state index in [1.807, 2.05) is 0 Å². The summed E-state index contributed by atoms with van der Waals surface area (Å²) in [4.78, 5) is 11.5. The van der Waals surface area contributed by atoms with Crippen molar-refractivity contribution >= 4 is 16.0 Å². The van der Waals surface area contributed by atoms with Crippen LogP contribution in [0.15, 0.2) is 0 Å². The number of hydrogen-bond acceptors (Lipinski definition) is 3. The lowest BCUT2D eigenvalue weighted by molar-refractivity contribution is -0.145. The van der Waals surface area contributed by atoms with Gasteiger partial charge in [0.05, 0.1) is 5.75 Å². The topological polar surface area (TPSA) is 83.5 Å². The van der Waals surface area contributed by atoms with E-state index < -0.39 is 21.5 Å². The van der Waals surface area contributed by atoms with Crippen molar-refractivity contribution < 1.29 is 18.3 Å². The largest absolute Gasteiger partial charge is 0.480 e. The van der Waals surface area contributed by atoms with E-state index in [4.69, 9.17) is 0 Å². The molecule has 110 valence electrons. The summed E-state index contributed by atoms with van der Waals surface area (Å²) in [6.45, 7) is 2.09. The van der Waals surface area contributed by atoms with Crippen LogP contribution in [0.2, 0.25) is 0 Å². The molecule has 0 aromatic rings. The van der Waals surface area contributed by atoms with Gasteiger partial charge in [-0.25, -0.2) is 8.42 Å². The SMILES string of the molecule is CCC1CCC(NS(=O)(=O)CC2CC2)(C(=O)O)CC1. The number of hydrogen-bond donors (Lipinski definition) is 2. The Balaban J connectivity index is 2.05. The Bertz CT molecular complexity index is 434. The van der Waals surface area contributed by atoms with E-state index in [1.54, 1.807) is 0 Å². The lowest BCUT2D eigenvalue weighted by Gasteiger charge is -2.36. The summed E-state index contributed by atoms with van der Waals surface area (Å²) in [5, 5.41) is 9.43. The minimum Gasteiger partial charge on any atom is -0.480 e. The average molecular weight is 289 g/mol. The van der Waals surface area contributed by atoms with Crippen molar-refractivity contribution in [2.75, 3.05) is 5.75 Å². The van der Waals surface area contributed by atoms with Crippen molar-refractivity contribution in [3.05, 3.63) is 0 Å². The van der Waals surface area contributed by atoms with E-state index in [2.05, 4.69) is 11.6 Å². The maximum Gasteiger partial charge on any atom is 0.324 e. The molecule has 2 N–H and O–H groups in total. The molecule has 0 bridgehead atoms. The highest BCUT2D eigenvalue weighted by Crippen LogP contribution is 2.36. The molecule has 0 amide bonds. The highest BCUT2D eigenvalue weighted by atomic mass is 32.2. The molecule has 0 aliphatic heterocycles. The number of carbonyl (C=O) groups is 1. The second kappa shape index (κ2) is 5.40. The Kier molecular flexibility index (Phi) is 4.20. The van der Waals surface area contributed by atoms with Gasteiger partial charge in [0.25, 0.3) is 0 Å². The second-order valence-corrected chi connectivity index (χ2v) is 7.83. The molecule has 0 atom stereocenters. The molecule has 0 saturated heterocycles. The molecule has 0 aromatic heterocycles. The van der Waals surface area contributed by atoms with Gasteiger partial charge >= 0.3 is 5.97 Å². The predicted octanol–water partition coefficient (Wildman–Crippen LogP) is 1.74. The molecule has 0 spiro atoms. The number of sulfonamides is 1. The van der Waals surface area contributed by atoms with Crippen LogP contribution in [0.1, 0.15) is 51.9 Å². The first-order valence-corrected chi connectivity index (χ1v) is 8.77. The summed E-state index contributed by atoms with van der Waals surface area (Å²) in [6.07, 6.45) is 5.31. The van der Waals surface area contributed by atoms with E-state index in [1.165, 1.54) is 0 Å². The molecule has 2 aliphatic carbocycles. The van der Waals surface area contributed by atoms with Crippen LogP contribution in [-0.2, 0) is 14.8 Å². The van der Waals surface area contributed by atoms with Crippen LogP contribution in [-0.4, -0.2) is 30.8 Å². The third-order valence-corrected chi connectivity index (χ3v) is 6.06. The quantitative estimate of drug-likeness (QED) is 0.780. The molecule has 0 radical (unpaired) electrons. The normalized spacial score (nSPS) is 32.2. The summed E-state index contributed by atoms with van der Waals surface area (Å²) in [7, 11) is -3.48. The number of nitrogens with one attached hydrogen (secondary N) is 1. The molecule has 5 nitrogen and oxygen atoms in total. The van der Waals surface area contributed by atoms with E-state index in [-0.39, 0.29) is 11.7 Å². The lowest BCUT2D eigenvalue weighted by atomic mass is 9.76. The number of carboxylic acids is 1. The fourth-order valence-electron chi connectivity index (χ4n) is 2.87. The van der Waals surface area contributed by atoms with Gasteiger partial charge in [0.15, 0.2) is 0 Å². The van der Waals surface area contributed by atoms with Gasteiger partial charge in [-0.15, -0.1) is 0 Å². The van der Waals surface area contributed by atoms with Gasteiger partial charge in [0.2, 0.25) is 10.0 Å². The molecule has 0 aromatic carbocycles. The molecule has 0 unspecified atom stereocenters. The molecule has 6 heteroatoms. The van der Waals surface area contributed by atoms with Crippen LogP contribution < -0.4 is 4.72 Å². The molecular weight excluding hydrogens is 266 g/mol. The minimum atomic E-state index is -3.48. The lowest BCUT2D eigenvalue weighted by Crippen LogP contribution is -2.56. The summed E-state index contributed by atoms with van der Waals surface area (Å²) < 4.78 is 26.6. The van der Waals surface area contributed by atoms with Gasteiger partial charge in [-0.1, -0.05) is 13.3 Å². The van der Waals surface area contributed by atoms with Crippen molar-refractivity contribution in [1.82, 2.24) is 4.72 Å². The summed E-state index contributed by atoms with van der Waals surface area (Å²) in [5.74, 6) is -0.184. The zero-order valence-electron chi connectivity index (χ0n) is 11.4. The second-order valence-electron chi connectivity index (χ2n) is 6.07. The van der Waals surface area contributed by atoms with Crippen LogP contribution in [0.25, 0.3) is 0 Å². The van der Waals surface area contributed by atoms with Gasteiger partial charge in [0.1, 0.15) is 5.54 Å². The van der Waals surface area contributed by atoms with Crippen LogP contribution >= 0.6 is 0 Å². The molecule has 2 fully saturated rings. The van der Waals surface area contributed by atoms with Gasteiger partial charge in [0, 0.05) is 0 Å². The maximum absolute atomic E-state index is 12.0. The van der Waals surface area contributed by atoms with Crippen molar-refractivity contribution in [3.8, 4) is 0 Å². The first-order valence-electron chi connectivity index (χ1n) is 7.12. The highest BCUT2D eigenvalue weighted by Gasteiger charge is 2.45. The Labute approximate surface area is 114 Å². The molecule has 2 saturated carbocycles. The molecular formula is C13H23NO4S. The predicted molar refractivity (Wildman–Crippen MR) is 72.3 cm³/mol. The Morgan fingerprint density at radius 2 is 1.79 bits per heavy atom. The van der Waals surface area contributed by atoms with Gasteiger partial charge in [-0.3, -0.25) is 4.79 Å². The van der Waals surface area contributed by atoms with E-state index >= 15 is 0 Å². The van der Waals surface area contributed by atoms with Crippen molar-refractivity contribution in [3.63, 3.8) is 0 Å². The molecule has 19 heavy (non-hydrogen) atoms. The van der Waals surface area contributed by atoms with Gasteiger partial charge in [-0.2, -0.15) is 4.72 Å². The zero-order chi connectivity index (χ0) is 14.1. The first kappa shape index (κ1) is 14.8. The third kappa shape index (κ3) is 3.69.